The van der Waals surface area contributed by atoms with Gasteiger partial charge in [0.2, 0.25) is 5.78 Å². The Hall–Kier alpha value is -3.06. The number of hydrogen-bond donors (Lipinski definition) is 0. The Labute approximate surface area is 157 Å². The topological polar surface area (TPSA) is 96.0 Å². The van der Waals surface area contributed by atoms with Crippen molar-refractivity contribution >= 4 is 23.5 Å². The van der Waals surface area contributed by atoms with Crippen LogP contribution in [-0.4, -0.2) is 48.9 Å². The van der Waals surface area contributed by atoms with E-state index in [1.54, 1.807) is 24.3 Å². The first-order valence-corrected chi connectivity index (χ1v) is 8.24. The molecule has 0 spiro atoms. The first kappa shape index (κ1) is 22.0. The molecule has 2 unspecified atom stereocenters. The number of Topliss-reactive ketones (excluding diaryl/α,β-unsaturated/α-hetero) is 2. The van der Waals surface area contributed by atoms with Gasteiger partial charge in [-0.1, -0.05) is 43.5 Å². The number of ether oxygens (including phenoxy) is 3. The van der Waals surface area contributed by atoms with Crippen molar-refractivity contribution in [2.75, 3.05) is 13.2 Å². The van der Waals surface area contributed by atoms with Crippen molar-refractivity contribution in [3.63, 3.8) is 0 Å². The smallest absolute Gasteiger partial charge is 0.330 e. The third kappa shape index (κ3) is 7.79. The molecular formula is C20H22O7. The Morgan fingerprint density at radius 2 is 1.78 bits per heavy atom. The second kappa shape index (κ2) is 11.5. The molecule has 1 fully saturated rings. The fourth-order valence-electron chi connectivity index (χ4n) is 2.02. The van der Waals surface area contributed by atoms with Gasteiger partial charge in [0.15, 0.2) is 18.0 Å². The molecule has 0 aliphatic carbocycles. The van der Waals surface area contributed by atoms with Crippen LogP contribution in [0.25, 0.3) is 0 Å². The van der Waals surface area contributed by atoms with Crippen molar-refractivity contribution in [2.45, 2.75) is 25.6 Å². The summed E-state index contributed by atoms with van der Waals surface area (Å²) in [5.74, 6) is -1.48. The molecule has 0 radical (unpaired) electrons. The maximum Gasteiger partial charge on any atom is 0.330 e. The largest absolute Gasteiger partial charge is 0.451 e. The average molecular weight is 374 g/mol. The molecule has 2 rings (SSSR count). The molecule has 0 bridgehead atoms. The van der Waals surface area contributed by atoms with Crippen LogP contribution in [0.4, 0.5) is 0 Å². The molecule has 0 amide bonds. The number of carbonyl (C=O) groups is 4. The van der Waals surface area contributed by atoms with E-state index in [1.807, 2.05) is 6.07 Å². The van der Waals surface area contributed by atoms with E-state index >= 15 is 0 Å². The quantitative estimate of drug-likeness (QED) is 0.427. The van der Waals surface area contributed by atoms with E-state index in [1.165, 1.54) is 6.92 Å². The van der Waals surface area contributed by atoms with Gasteiger partial charge in [-0.05, 0) is 6.92 Å². The van der Waals surface area contributed by atoms with E-state index in [0.717, 1.165) is 12.2 Å². The molecule has 1 aliphatic heterocycles. The van der Waals surface area contributed by atoms with Gasteiger partial charge in [-0.2, -0.15) is 0 Å². The minimum Gasteiger partial charge on any atom is -0.451 e. The molecular weight excluding hydrogens is 352 g/mol. The molecule has 7 nitrogen and oxygen atoms in total. The Morgan fingerprint density at radius 1 is 1.15 bits per heavy atom. The Morgan fingerprint density at radius 3 is 2.33 bits per heavy atom. The molecule has 27 heavy (non-hydrogen) atoms. The maximum atomic E-state index is 11.7. The van der Waals surface area contributed by atoms with E-state index in [-0.39, 0.29) is 18.2 Å². The summed E-state index contributed by atoms with van der Waals surface area (Å²) >= 11 is 0. The summed E-state index contributed by atoms with van der Waals surface area (Å²) in [5, 5.41) is 0. The summed E-state index contributed by atoms with van der Waals surface area (Å²) in [6.45, 7) is 8.61. The summed E-state index contributed by atoms with van der Waals surface area (Å²) < 4.78 is 14.5. The highest BCUT2D eigenvalue weighted by Gasteiger charge is 2.25. The second-order valence-corrected chi connectivity index (χ2v) is 5.43. The Bertz CT molecular complexity index is 694. The third-order valence-corrected chi connectivity index (χ3v) is 3.43. The Balaban J connectivity index is 0.000000277. The Kier molecular flexibility index (Phi) is 9.39. The number of benzene rings is 1. The van der Waals surface area contributed by atoms with Crippen LogP contribution in [-0.2, 0) is 28.6 Å². The van der Waals surface area contributed by atoms with Crippen molar-refractivity contribution in [3.05, 3.63) is 61.2 Å². The molecule has 1 aromatic rings. The first-order chi connectivity index (χ1) is 12.9. The van der Waals surface area contributed by atoms with Gasteiger partial charge >= 0.3 is 11.9 Å². The van der Waals surface area contributed by atoms with Crippen molar-refractivity contribution in [2.24, 2.45) is 0 Å². The maximum absolute atomic E-state index is 11.7. The number of ketones is 2. The number of rotatable bonds is 6. The fourth-order valence-corrected chi connectivity index (χ4v) is 2.02. The summed E-state index contributed by atoms with van der Waals surface area (Å²) in [4.78, 5) is 44.3. The van der Waals surface area contributed by atoms with Crippen LogP contribution >= 0.6 is 0 Å². The van der Waals surface area contributed by atoms with E-state index in [4.69, 9.17) is 14.2 Å². The van der Waals surface area contributed by atoms with Crippen LogP contribution in [0.3, 0.4) is 0 Å². The molecule has 0 N–H and O–H groups in total. The summed E-state index contributed by atoms with van der Waals surface area (Å²) in [6, 6.07) is 8.70. The molecule has 1 aliphatic rings. The summed E-state index contributed by atoms with van der Waals surface area (Å²) in [7, 11) is 0. The highest BCUT2D eigenvalue weighted by atomic mass is 16.6. The van der Waals surface area contributed by atoms with Crippen LogP contribution < -0.4 is 0 Å². The van der Waals surface area contributed by atoms with Gasteiger partial charge < -0.3 is 14.2 Å². The predicted octanol–water partition coefficient (Wildman–Crippen LogP) is 2.06. The zero-order valence-electron chi connectivity index (χ0n) is 15.1. The molecule has 1 saturated heterocycles. The first-order valence-electron chi connectivity index (χ1n) is 8.24. The monoisotopic (exact) mass is 374 g/mol. The molecule has 0 aromatic heterocycles. The lowest BCUT2D eigenvalue weighted by Crippen LogP contribution is -2.36. The molecule has 1 aromatic carbocycles. The van der Waals surface area contributed by atoms with Crippen molar-refractivity contribution in [1.82, 2.24) is 0 Å². The predicted molar refractivity (Wildman–Crippen MR) is 97.0 cm³/mol. The van der Waals surface area contributed by atoms with E-state index in [0.29, 0.717) is 18.6 Å². The van der Waals surface area contributed by atoms with Crippen LogP contribution in [0.1, 0.15) is 23.7 Å². The molecule has 7 heteroatoms. The highest BCUT2D eigenvalue weighted by Crippen LogP contribution is 2.07. The van der Waals surface area contributed by atoms with Gasteiger partial charge in [0.25, 0.3) is 0 Å². The minimum atomic E-state index is -0.780. The van der Waals surface area contributed by atoms with Gasteiger partial charge in [0.1, 0.15) is 0 Å². The standard InChI is InChI=1S/C12H12O3.C8H10O4/c1-3-11(13)15-9(2)12(14)10-7-5-4-6-8-10;1-2-8(10)12-7-5-11-4-3-6(7)9/h3-9H,1H2,2H3;2,7H,1,3-5H2. The van der Waals surface area contributed by atoms with Gasteiger partial charge in [0.05, 0.1) is 13.2 Å². The lowest BCUT2D eigenvalue weighted by molar-refractivity contribution is -0.158. The highest BCUT2D eigenvalue weighted by molar-refractivity contribution is 6.00. The molecule has 1 heterocycles. The van der Waals surface area contributed by atoms with Crippen molar-refractivity contribution < 1.29 is 33.4 Å². The van der Waals surface area contributed by atoms with Gasteiger partial charge in [-0.15, -0.1) is 0 Å². The van der Waals surface area contributed by atoms with Crippen LogP contribution in [0.5, 0.6) is 0 Å². The SMILES string of the molecule is C=CC(=O)OC(C)C(=O)c1ccccc1.C=CC(=O)OC1COCCC1=O. The van der Waals surface area contributed by atoms with E-state index in [9.17, 15) is 19.2 Å². The minimum absolute atomic E-state index is 0.0866. The van der Waals surface area contributed by atoms with Crippen LogP contribution in [0, 0.1) is 0 Å². The normalized spacial score (nSPS) is 16.8. The lowest BCUT2D eigenvalue weighted by atomic mass is 10.1. The number of esters is 2. The van der Waals surface area contributed by atoms with Gasteiger partial charge in [-0.25, -0.2) is 9.59 Å². The zero-order valence-corrected chi connectivity index (χ0v) is 15.1. The summed E-state index contributed by atoms with van der Waals surface area (Å²) in [6.07, 6.45) is 0.869. The van der Waals surface area contributed by atoms with Crippen LogP contribution in [0.15, 0.2) is 55.6 Å². The van der Waals surface area contributed by atoms with Gasteiger partial charge in [0, 0.05) is 24.1 Å². The number of hydrogen-bond acceptors (Lipinski definition) is 7. The zero-order chi connectivity index (χ0) is 20.2. The molecule has 0 saturated carbocycles. The van der Waals surface area contributed by atoms with E-state index in [2.05, 4.69) is 13.2 Å². The number of carbonyl (C=O) groups excluding carboxylic acids is 4. The van der Waals surface area contributed by atoms with Crippen molar-refractivity contribution in [3.8, 4) is 0 Å². The third-order valence-electron chi connectivity index (χ3n) is 3.43. The van der Waals surface area contributed by atoms with Gasteiger partial charge in [-0.3, -0.25) is 9.59 Å². The summed E-state index contributed by atoms with van der Waals surface area (Å²) in [5.41, 5.74) is 0.530. The van der Waals surface area contributed by atoms with Crippen LogP contribution in [0.2, 0.25) is 0 Å². The second-order valence-electron chi connectivity index (χ2n) is 5.43. The van der Waals surface area contributed by atoms with E-state index < -0.39 is 24.1 Å². The fraction of sp³-hybridized carbons (Fsp3) is 0.300. The average Bonchev–Trinajstić information content (AvgIpc) is 2.70. The molecule has 144 valence electrons. The van der Waals surface area contributed by atoms with Crippen molar-refractivity contribution in [1.29, 1.82) is 0 Å². The lowest BCUT2D eigenvalue weighted by Gasteiger charge is -2.20. The molecule has 2 atom stereocenters.